The molecule has 0 radical (unpaired) electrons. The van der Waals surface area contributed by atoms with Crippen LogP contribution in [0.1, 0.15) is 0 Å². The second kappa shape index (κ2) is 10.8. The number of hydrogen-bond acceptors (Lipinski definition) is 6. The van der Waals surface area contributed by atoms with Gasteiger partial charge in [-0.05, 0) is 47.9 Å². The van der Waals surface area contributed by atoms with E-state index < -0.39 is 11.8 Å². The summed E-state index contributed by atoms with van der Waals surface area (Å²) in [6.07, 6.45) is 0. The van der Waals surface area contributed by atoms with Crippen molar-refractivity contribution in [3.05, 3.63) is 66.7 Å². The van der Waals surface area contributed by atoms with Gasteiger partial charge in [0.2, 0.25) is 0 Å². The molecular formula is C22H21N3O5S. The minimum Gasteiger partial charge on any atom is -0.497 e. The van der Waals surface area contributed by atoms with Crippen molar-refractivity contribution in [1.82, 2.24) is 16.2 Å². The molecule has 0 spiro atoms. The van der Waals surface area contributed by atoms with E-state index >= 15 is 0 Å². The normalized spacial score (nSPS) is 10.1. The summed E-state index contributed by atoms with van der Waals surface area (Å²) in [6, 6.07) is 20.1. The maximum Gasteiger partial charge on any atom is 0.276 e. The highest BCUT2D eigenvalue weighted by Gasteiger charge is 2.09. The first-order chi connectivity index (χ1) is 15.0. The lowest BCUT2D eigenvalue weighted by atomic mass is 10.1. The number of thiocarbonyl (C=S) groups is 1. The van der Waals surface area contributed by atoms with Gasteiger partial charge in [-0.25, -0.2) is 0 Å². The Morgan fingerprint density at radius 3 is 2.26 bits per heavy atom. The molecule has 0 aliphatic heterocycles. The third-order valence-electron chi connectivity index (χ3n) is 4.11. The van der Waals surface area contributed by atoms with Crippen molar-refractivity contribution in [2.75, 3.05) is 20.3 Å². The third kappa shape index (κ3) is 6.58. The van der Waals surface area contributed by atoms with E-state index in [1.165, 1.54) is 0 Å². The fourth-order valence-corrected chi connectivity index (χ4v) is 2.81. The van der Waals surface area contributed by atoms with Crippen molar-refractivity contribution >= 4 is 39.9 Å². The Labute approximate surface area is 184 Å². The zero-order valence-corrected chi connectivity index (χ0v) is 17.5. The standard InChI is InChI=1S/C22H21N3O5S/c1-28-16-9-11-17(12-10-16)29-14-21(27)24-25-22(31)23-20(26)13-30-19-8-4-6-15-5-2-3-7-18(15)19/h2-12H,13-14H2,1H3,(H,24,27)(H2,23,25,26,31). The van der Waals surface area contributed by atoms with Gasteiger partial charge in [-0.1, -0.05) is 36.4 Å². The van der Waals surface area contributed by atoms with Gasteiger partial charge in [0.25, 0.3) is 11.8 Å². The molecule has 9 heteroatoms. The topological polar surface area (TPSA) is 97.9 Å². The molecular weight excluding hydrogens is 418 g/mol. The van der Waals surface area contributed by atoms with Gasteiger partial charge in [0.15, 0.2) is 18.3 Å². The van der Waals surface area contributed by atoms with Crippen LogP contribution in [0.15, 0.2) is 66.7 Å². The molecule has 0 heterocycles. The van der Waals surface area contributed by atoms with E-state index in [9.17, 15) is 9.59 Å². The van der Waals surface area contributed by atoms with Gasteiger partial charge in [-0.3, -0.25) is 25.8 Å². The minimum atomic E-state index is -0.473. The molecule has 0 atom stereocenters. The summed E-state index contributed by atoms with van der Waals surface area (Å²) in [4.78, 5) is 23.9. The monoisotopic (exact) mass is 439 g/mol. The first-order valence-electron chi connectivity index (χ1n) is 9.31. The van der Waals surface area contributed by atoms with Gasteiger partial charge in [0, 0.05) is 5.39 Å². The number of nitrogens with one attached hydrogen (secondary N) is 3. The number of rotatable bonds is 7. The summed E-state index contributed by atoms with van der Waals surface area (Å²) in [7, 11) is 1.56. The molecule has 3 aromatic rings. The lowest BCUT2D eigenvalue weighted by Crippen LogP contribution is -2.50. The third-order valence-corrected chi connectivity index (χ3v) is 4.31. The van der Waals surface area contributed by atoms with E-state index in [1.807, 2.05) is 36.4 Å². The van der Waals surface area contributed by atoms with E-state index in [0.29, 0.717) is 17.2 Å². The largest absolute Gasteiger partial charge is 0.497 e. The summed E-state index contributed by atoms with van der Waals surface area (Å²) < 4.78 is 16.0. The number of carbonyl (C=O) groups excluding carboxylic acids is 2. The molecule has 0 saturated carbocycles. The number of hydrazine groups is 1. The van der Waals surface area contributed by atoms with E-state index in [0.717, 1.165) is 10.8 Å². The number of ether oxygens (including phenoxy) is 3. The average molecular weight is 439 g/mol. The zero-order valence-electron chi connectivity index (χ0n) is 16.7. The van der Waals surface area contributed by atoms with Crippen LogP contribution < -0.4 is 30.4 Å². The second-order valence-electron chi connectivity index (χ2n) is 6.28. The molecule has 3 N–H and O–H groups in total. The van der Waals surface area contributed by atoms with Gasteiger partial charge in [-0.15, -0.1) is 0 Å². The molecule has 0 saturated heterocycles. The Balaban J connectivity index is 1.37. The Kier molecular flexibility index (Phi) is 7.61. The molecule has 0 aliphatic carbocycles. The molecule has 160 valence electrons. The van der Waals surface area contributed by atoms with Crippen LogP contribution in [-0.4, -0.2) is 37.3 Å². The van der Waals surface area contributed by atoms with Crippen molar-refractivity contribution in [3.63, 3.8) is 0 Å². The highest BCUT2D eigenvalue weighted by molar-refractivity contribution is 7.80. The predicted octanol–water partition coefficient (Wildman–Crippen LogP) is 2.33. The summed E-state index contributed by atoms with van der Waals surface area (Å²) in [5.41, 5.74) is 4.78. The Bertz CT molecular complexity index is 1070. The number of carbonyl (C=O) groups is 2. The quantitative estimate of drug-likeness (QED) is 0.384. The van der Waals surface area contributed by atoms with Crippen molar-refractivity contribution in [3.8, 4) is 17.2 Å². The summed E-state index contributed by atoms with van der Waals surface area (Å²) >= 11 is 4.99. The number of methoxy groups -OCH3 is 1. The first kappa shape index (κ1) is 21.8. The molecule has 8 nitrogen and oxygen atoms in total. The fourth-order valence-electron chi connectivity index (χ4n) is 2.64. The van der Waals surface area contributed by atoms with Crippen LogP contribution in [0, 0.1) is 0 Å². The van der Waals surface area contributed by atoms with Crippen molar-refractivity contribution < 1.29 is 23.8 Å². The van der Waals surface area contributed by atoms with Crippen LogP contribution in [0.2, 0.25) is 0 Å². The van der Waals surface area contributed by atoms with Crippen molar-refractivity contribution in [2.45, 2.75) is 0 Å². The molecule has 31 heavy (non-hydrogen) atoms. The van der Waals surface area contributed by atoms with Crippen molar-refractivity contribution in [2.24, 2.45) is 0 Å². The maximum atomic E-state index is 12.1. The predicted molar refractivity (Wildman–Crippen MR) is 120 cm³/mol. The van der Waals surface area contributed by atoms with Crippen LogP contribution in [0.4, 0.5) is 0 Å². The number of benzene rings is 3. The van der Waals surface area contributed by atoms with Crippen LogP contribution in [0.5, 0.6) is 17.2 Å². The van der Waals surface area contributed by atoms with Crippen LogP contribution >= 0.6 is 12.2 Å². The van der Waals surface area contributed by atoms with E-state index in [4.69, 9.17) is 26.4 Å². The van der Waals surface area contributed by atoms with E-state index in [2.05, 4.69) is 16.2 Å². The SMILES string of the molecule is COc1ccc(OCC(=O)NNC(=S)NC(=O)COc2cccc3ccccc23)cc1. The second-order valence-corrected chi connectivity index (χ2v) is 6.69. The average Bonchev–Trinajstić information content (AvgIpc) is 2.80. The van der Waals surface area contributed by atoms with Gasteiger partial charge in [-0.2, -0.15) is 0 Å². The van der Waals surface area contributed by atoms with Gasteiger partial charge >= 0.3 is 0 Å². The maximum absolute atomic E-state index is 12.1. The van der Waals surface area contributed by atoms with Gasteiger partial charge < -0.3 is 14.2 Å². The molecule has 2 amide bonds. The summed E-state index contributed by atoms with van der Waals surface area (Å²) in [5, 5.41) is 4.28. The molecule has 3 rings (SSSR count). The highest BCUT2D eigenvalue weighted by Crippen LogP contribution is 2.24. The lowest BCUT2D eigenvalue weighted by molar-refractivity contribution is -0.124. The lowest BCUT2D eigenvalue weighted by Gasteiger charge is -2.12. The van der Waals surface area contributed by atoms with Gasteiger partial charge in [0.1, 0.15) is 17.2 Å². The number of amides is 2. The van der Waals surface area contributed by atoms with Crippen molar-refractivity contribution in [1.29, 1.82) is 0 Å². The Hall–Kier alpha value is -3.85. The summed E-state index contributed by atoms with van der Waals surface area (Å²) in [5.74, 6) is 0.853. The highest BCUT2D eigenvalue weighted by atomic mass is 32.1. The van der Waals surface area contributed by atoms with Crippen LogP contribution in [-0.2, 0) is 9.59 Å². The summed E-state index contributed by atoms with van der Waals surface area (Å²) in [6.45, 7) is -0.468. The van der Waals surface area contributed by atoms with Crippen LogP contribution in [0.3, 0.4) is 0 Å². The molecule has 0 aromatic heterocycles. The number of fused-ring (bicyclic) bond motifs is 1. The molecule has 3 aromatic carbocycles. The Morgan fingerprint density at radius 1 is 0.806 bits per heavy atom. The molecule has 0 fully saturated rings. The Morgan fingerprint density at radius 2 is 1.48 bits per heavy atom. The fraction of sp³-hybridized carbons (Fsp3) is 0.136. The zero-order chi connectivity index (χ0) is 22.1. The van der Waals surface area contributed by atoms with E-state index in [1.54, 1.807) is 37.4 Å². The van der Waals surface area contributed by atoms with Gasteiger partial charge in [0.05, 0.1) is 7.11 Å². The molecule has 0 unspecified atom stereocenters. The van der Waals surface area contributed by atoms with Crippen LogP contribution in [0.25, 0.3) is 10.8 Å². The first-order valence-corrected chi connectivity index (χ1v) is 9.72. The minimum absolute atomic E-state index is 0.0654. The molecule has 0 aliphatic rings. The molecule has 0 bridgehead atoms. The number of hydrogen-bond donors (Lipinski definition) is 3. The van der Waals surface area contributed by atoms with E-state index in [-0.39, 0.29) is 18.3 Å². The smallest absolute Gasteiger partial charge is 0.276 e.